The molecular formula is C14H22Cl2N2O2. The molecule has 1 aromatic rings. The molecule has 1 rings (SSSR count). The minimum absolute atomic E-state index is 0. The van der Waals surface area contributed by atoms with E-state index >= 15 is 0 Å². The van der Waals surface area contributed by atoms with Crippen molar-refractivity contribution in [2.75, 3.05) is 20.7 Å². The molecule has 0 spiro atoms. The van der Waals surface area contributed by atoms with Crippen molar-refractivity contribution < 1.29 is 9.53 Å². The maximum Gasteiger partial charge on any atom is 0.225 e. The number of carbonyl (C=O) groups excluding carboxylic acids is 1. The maximum atomic E-state index is 12.1. The van der Waals surface area contributed by atoms with Gasteiger partial charge in [0, 0.05) is 25.7 Å². The van der Waals surface area contributed by atoms with Crippen LogP contribution in [0.25, 0.3) is 0 Å². The zero-order valence-electron chi connectivity index (χ0n) is 12.0. The number of halogens is 2. The van der Waals surface area contributed by atoms with Gasteiger partial charge in [0.1, 0.15) is 0 Å². The standard InChI is InChI=1S/C14H21ClN2O2.ClH/c1-10(11-4-6-12(15)7-5-11)17(2)14(18)8-13(9-16)19-3;/h4-7,10,13H,8-9,16H2,1-3H3;1H. The second-order valence-electron chi connectivity index (χ2n) is 4.53. The number of hydrogen-bond acceptors (Lipinski definition) is 3. The smallest absolute Gasteiger partial charge is 0.225 e. The number of benzene rings is 1. The Labute approximate surface area is 131 Å². The van der Waals surface area contributed by atoms with Gasteiger partial charge in [0.25, 0.3) is 0 Å². The van der Waals surface area contributed by atoms with Crippen LogP contribution in [0.1, 0.15) is 24.9 Å². The monoisotopic (exact) mass is 320 g/mol. The summed E-state index contributed by atoms with van der Waals surface area (Å²) in [6, 6.07) is 7.48. The van der Waals surface area contributed by atoms with E-state index in [2.05, 4.69) is 0 Å². The van der Waals surface area contributed by atoms with Crippen LogP contribution >= 0.6 is 24.0 Å². The average molecular weight is 321 g/mol. The summed E-state index contributed by atoms with van der Waals surface area (Å²) in [7, 11) is 3.35. The minimum atomic E-state index is -0.229. The van der Waals surface area contributed by atoms with Crippen LogP contribution in [0.3, 0.4) is 0 Å². The molecule has 0 bridgehead atoms. The summed E-state index contributed by atoms with van der Waals surface area (Å²) in [5, 5.41) is 0.688. The lowest BCUT2D eigenvalue weighted by Crippen LogP contribution is -2.35. The highest BCUT2D eigenvalue weighted by atomic mass is 35.5. The molecule has 0 saturated heterocycles. The van der Waals surface area contributed by atoms with Crippen molar-refractivity contribution >= 4 is 29.9 Å². The Kier molecular flexibility index (Phi) is 8.81. The van der Waals surface area contributed by atoms with Gasteiger partial charge >= 0.3 is 0 Å². The molecule has 2 unspecified atom stereocenters. The summed E-state index contributed by atoms with van der Waals surface area (Å²) in [5.41, 5.74) is 6.57. The van der Waals surface area contributed by atoms with E-state index in [-0.39, 0.29) is 30.5 Å². The minimum Gasteiger partial charge on any atom is -0.380 e. The molecule has 0 saturated carbocycles. The highest BCUT2D eigenvalue weighted by Gasteiger charge is 2.20. The molecule has 4 nitrogen and oxygen atoms in total. The fourth-order valence-corrected chi connectivity index (χ4v) is 1.91. The highest BCUT2D eigenvalue weighted by molar-refractivity contribution is 6.30. The normalized spacial score (nSPS) is 13.2. The van der Waals surface area contributed by atoms with Gasteiger partial charge in [0.15, 0.2) is 0 Å². The van der Waals surface area contributed by atoms with Crippen LogP contribution in [0, 0.1) is 0 Å². The van der Waals surface area contributed by atoms with Crippen molar-refractivity contribution in [1.82, 2.24) is 4.90 Å². The average Bonchev–Trinajstić information content (AvgIpc) is 2.43. The first-order chi connectivity index (χ1) is 8.99. The number of amides is 1. The Morgan fingerprint density at radius 2 is 1.95 bits per heavy atom. The van der Waals surface area contributed by atoms with Crippen molar-refractivity contribution in [2.24, 2.45) is 5.73 Å². The van der Waals surface area contributed by atoms with Crippen molar-refractivity contribution in [3.05, 3.63) is 34.9 Å². The van der Waals surface area contributed by atoms with Crippen LogP contribution in [-0.4, -0.2) is 37.6 Å². The van der Waals surface area contributed by atoms with Gasteiger partial charge in [-0.05, 0) is 24.6 Å². The predicted octanol–water partition coefficient (Wildman–Crippen LogP) is 2.65. The third-order valence-electron chi connectivity index (χ3n) is 3.33. The lowest BCUT2D eigenvalue weighted by atomic mass is 10.1. The molecule has 1 aromatic carbocycles. The second-order valence-corrected chi connectivity index (χ2v) is 4.97. The quantitative estimate of drug-likeness (QED) is 0.876. The number of rotatable bonds is 6. The Morgan fingerprint density at radius 1 is 1.40 bits per heavy atom. The van der Waals surface area contributed by atoms with Crippen molar-refractivity contribution in [3.8, 4) is 0 Å². The lowest BCUT2D eigenvalue weighted by Gasteiger charge is -2.27. The topological polar surface area (TPSA) is 55.6 Å². The third-order valence-corrected chi connectivity index (χ3v) is 3.58. The predicted molar refractivity (Wildman–Crippen MR) is 84.4 cm³/mol. The number of nitrogens with two attached hydrogens (primary N) is 1. The third kappa shape index (κ3) is 5.29. The molecule has 114 valence electrons. The van der Waals surface area contributed by atoms with Crippen LogP contribution in [-0.2, 0) is 9.53 Å². The summed E-state index contributed by atoms with van der Waals surface area (Å²) < 4.78 is 5.13. The van der Waals surface area contributed by atoms with E-state index in [1.54, 1.807) is 19.1 Å². The molecule has 0 aliphatic rings. The molecule has 0 aromatic heterocycles. The summed E-state index contributed by atoms with van der Waals surface area (Å²) in [6.07, 6.45) is 0.0638. The largest absolute Gasteiger partial charge is 0.380 e. The van der Waals surface area contributed by atoms with Gasteiger partial charge in [-0.15, -0.1) is 12.4 Å². The number of nitrogens with zero attached hydrogens (tertiary/aromatic N) is 1. The zero-order valence-corrected chi connectivity index (χ0v) is 13.6. The number of carbonyl (C=O) groups is 1. The maximum absolute atomic E-state index is 12.1. The van der Waals surface area contributed by atoms with Crippen LogP contribution in [0.2, 0.25) is 5.02 Å². The zero-order chi connectivity index (χ0) is 14.4. The first-order valence-corrected chi connectivity index (χ1v) is 6.61. The first kappa shape index (κ1) is 19.2. The second kappa shape index (κ2) is 9.19. The Morgan fingerprint density at radius 3 is 2.40 bits per heavy atom. The molecule has 0 aliphatic carbocycles. The van der Waals surface area contributed by atoms with Crippen molar-refractivity contribution in [3.63, 3.8) is 0 Å². The molecule has 0 aliphatic heterocycles. The molecule has 2 atom stereocenters. The van der Waals surface area contributed by atoms with Gasteiger partial charge < -0.3 is 15.4 Å². The van der Waals surface area contributed by atoms with Gasteiger partial charge in [-0.25, -0.2) is 0 Å². The Balaban J connectivity index is 0.00000361. The van der Waals surface area contributed by atoms with E-state index in [9.17, 15) is 4.79 Å². The van der Waals surface area contributed by atoms with Crippen LogP contribution in [0.4, 0.5) is 0 Å². The molecular weight excluding hydrogens is 299 g/mol. The van der Waals surface area contributed by atoms with Crippen LogP contribution in [0.5, 0.6) is 0 Å². The van der Waals surface area contributed by atoms with E-state index in [0.717, 1.165) is 5.56 Å². The lowest BCUT2D eigenvalue weighted by molar-refractivity contribution is -0.134. The van der Waals surface area contributed by atoms with Gasteiger partial charge in [0.2, 0.25) is 5.91 Å². The fraction of sp³-hybridized carbons (Fsp3) is 0.500. The molecule has 2 N–H and O–H groups in total. The van der Waals surface area contributed by atoms with Gasteiger partial charge in [-0.2, -0.15) is 0 Å². The summed E-state index contributed by atoms with van der Waals surface area (Å²) in [6.45, 7) is 2.32. The van der Waals surface area contributed by atoms with Gasteiger partial charge in [-0.3, -0.25) is 4.79 Å². The first-order valence-electron chi connectivity index (χ1n) is 6.23. The molecule has 6 heteroatoms. The summed E-state index contributed by atoms with van der Waals surface area (Å²) in [5.74, 6) is 0.0137. The number of methoxy groups -OCH3 is 1. The molecule has 0 heterocycles. The highest BCUT2D eigenvalue weighted by Crippen LogP contribution is 2.21. The van der Waals surface area contributed by atoms with Crippen LogP contribution in [0.15, 0.2) is 24.3 Å². The van der Waals surface area contributed by atoms with E-state index in [0.29, 0.717) is 18.0 Å². The number of hydrogen-bond donors (Lipinski definition) is 1. The molecule has 0 fully saturated rings. The van der Waals surface area contributed by atoms with E-state index in [4.69, 9.17) is 22.1 Å². The van der Waals surface area contributed by atoms with Crippen molar-refractivity contribution in [2.45, 2.75) is 25.5 Å². The Bertz CT molecular complexity index is 408. The van der Waals surface area contributed by atoms with Gasteiger partial charge in [0.05, 0.1) is 18.6 Å². The van der Waals surface area contributed by atoms with Crippen molar-refractivity contribution in [1.29, 1.82) is 0 Å². The number of ether oxygens (including phenoxy) is 1. The Hall–Kier alpha value is -0.810. The van der Waals surface area contributed by atoms with E-state index in [1.165, 1.54) is 0 Å². The molecule has 20 heavy (non-hydrogen) atoms. The molecule has 1 amide bonds. The van der Waals surface area contributed by atoms with Crippen LogP contribution < -0.4 is 5.73 Å². The fourth-order valence-electron chi connectivity index (χ4n) is 1.78. The van der Waals surface area contributed by atoms with E-state index in [1.807, 2.05) is 31.2 Å². The SMILES string of the molecule is COC(CN)CC(=O)N(C)C(C)c1ccc(Cl)cc1.Cl. The summed E-state index contributed by atoms with van der Waals surface area (Å²) in [4.78, 5) is 13.8. The van der Waals surface area contributed by atoms with E-state index < -0.39 is 0 Å². The molecule has 0 radical (unpaired) electrons. The summed E-state index contributed by atoms with van der Waals surface area (Å²) >= 11 is 5.85. The van der Waals surface area contributed by atoms with Gasteiger partial charge in [-0.1, -0.05) is 23.7 Å².